The first kappa shape index (κ1) is 17.4. The van der Waals surface area contributed by atoms with Crippen LogP contribution in [0.3, 0.4) is 0 Å². The molecule has 27 heavy (non-hydrogen) atoms. The van der Waals surface area contributed by atoms with Crippen molar-refractivity contribution in [3.8, 4) is 11.3 Å². The van der Waals surface area contributed by atoms with Crippen LogP contribution in [-0.2, 0) is 6.54 Å². The van der Waals surface area contributed by atoms with Crippen LogP contribution in [0.15, 0.2) is 55.0 Å². The zero-order valence-electron chi connectivity index (χ0n) is 15.1. The number of nitrogens with one attached hydrogen (secondary N) is 1. The van der Waals surface area contributed by atoms with Crippen LogP contribution in [0.2, 0.25) is 5.28 Å². The maximum absolute atomic E-state index is 6.11. The van der Waals surface area contributed by atoms with Gasteiger partial charge in [-0.1, -0.05) is 36.4 Å². The summed E-state index contributed by atoms with van der Waals surface area (Å²) in [6.45, 7) is 4.72. The van der Waals surface area contributed by atoms with Gasteiger partial charge >= 0.3 is 0 Å². The van der Waals surface area contributed by atoms with Gasteiger partial charge in [-0.05, 0) is 37.1 Å². The van der Waals surface area contributed by atoms with E-state index in [0.29, 0.717) is 17.9 Å². The summed E-state index contributed by atoms with van der Waals surface area (Å²) in [5.41, 5.74) is 4.52. The van der Waals surface area contributed by atoms with E-state index in [-0.39, 0.29) is 11.3 Å². The molecule has 1 aromatic carbocycles. The summed E-state index contributed by atoms with van der Waals surface area (Å²) in [5.74, 6) is 0.622. The molecule has 0 amide bonds. The molecule has 0 bridgehead atoms. The molecule has 0 radical (unpaired) electrons. The third kappa shape index (κ3) is 3.61. The Morgan fingerprint density at radius 2 is 1.85 bits per heavy atom. The summed E-state index contributed by atoms with van der Waals surface area (Å²) in [4.78, 5) is 17.6. The van der Waals surface area contributed by atoms with Gasteiger partial charge in [-0.2, -0.15) is 9.97 Å². The number of pyridine rings is 1. The zero-order valence-corrected chi connectivity index (χ0v) is 15.9. The Labute approximate surface area is 162 Å². The van der Waals surface area contributed by atoms with Gasteiger partial charge in [0, 0.05) is 24.3 Å². The molecule has 0 aliphatic heterocycles. The van der Waals surface area contributed by atoms with Gasteiger partial charge in [-0.25, -0.2) is 4.98 Å². The molecule has 0 saturated heterocycles. The van der Waals surface area contributed by atoms with Crippen LogP contribution in [0.4, 0.5) is 5.82 Å². The van der Waals surface area contributed by atoms with Gasteiger partial charge in [0.25, 0.3) is 0 Å². The fourth-order valence-electron chi connectivity index (χ4n) is 2.89. The van der Waals surface area contributed by atoms with Crippen LogP contribution in [0.25, 0.3) is 22.4 Å². The highest BCUT2D eigenvalue weighted by atomic mass is 35.5. The molecular formula is C20H19ClN6. The quantitative estimate of drug-likeness (QED) is 0.508. The number of rotatable bonds is 5. The van der Waals surface area contributed by atoms with Gasteiger partial charge in [-0.3, -0.25) is 4.98 Å². The van der Waals surface area contributed by atoms with Crippen molar-refractivity contribution in [1.29, 1.82) is 0 Å². The predicted molar refractivity (Wildman–Crippen MR) is 108 cm³/mol. The van der Waals surface area contributed by atoms with E-state index in [1.54, 1.807) is 6.33 Å². The van der Waals surface area contributed by atoms with Gasteiger partial charge in [0.15, 0.2) is 17.0 Å². The number of benzene rings is 1. The summed E-state index contributed by atoms with van der Waals surface area (Å²) in [5, 5.41) is 3.50. The Morgan fingerprint density at radius 3 is 2.56 bits per heavy atom. The van der Waals surface area contributed by atoms with Crippen molar-refractivity contribution < 1.29 is 0 Å². The molecule has 0 fully saturated rings. The molecule has 3 aromatic heterocycles. The van der Waals surface area contributed by atoms with E-state index in [2.05, 4.69) is 45.2 Å². The molecule has 136 valence electrons. The highest BCUT2D eigenvalue weighted by molar-refractivity contribution is 6.28. The minimum atomic E-state index is 0.199. The third-order valence-electron chi connectivity index (χ3n) is 4.30. The SMILES string of the molecule is CC(C)n1cnc2c(NCc3ccc(-c4ccccc4)nc3)nc(Cl)nc21. The second-order valence-corrected chi connectivity index (χ2v) is 6.87. The summed E-state index contributed by atoms with van der Waals surface area (Å²) < 4.78 is 1.98. The van der Waals surface area contributed by atoms with Crippen LogP contribution < -0.4 is 5.32 Å². The molecule has 3 heterocycles. The smallest absolute Gasteiger partial charge is 0.226 e. The zero-order chi connectivity index (χ0) is 18.8. The topological polar surface area (TPSA) is 68.5 Å². The Bertz CT molecular complexity index is 1060. The molecular weight excluding hydrogens is 360 g/mol. The number of halogens is 1. The summed E-state index contributed by atoms with van der Waals surface area (Å²) in [6.07, 6.45) is 3.63. The van der Waals surface area contributed by atoms with Crippen molar-refractivity contribution in [3.05, 3.63) is 65.8 Å². The molecule has 0 spiro atoms. The third-order valence-corrected chi connectivity index (χ3v) is 4.47. The second-order valence-electron chi connectivity index (χ2n) is 6.53. The van der Waals surface area contributed by atoms with Crippen molar-refractivity contribution in [3.63, 3.8) is 0 Å². The van der Waals surface area contributed by atoms with E-state index in [4.69, 9.17) is 11.6 Å². The van der Waals surface area contributed by atoms with Gasteiger partial charge in [-0.15, -0.1) is 0 Å². The van der Waals surface area contributed by atoms with Crippen molar-refractivity contribution >= 4 is 28.6 Å². The standard InChI is InChI=1S/C20H19ClN6/c1-13(2)27-12-24-17-18(25-20(21)26-19(17)27)23-11-14-8-9-16(22-10-14)15-6-4-3-5-7-15/h3-10,12-13H,11H2,1-2H3,(H,23,25,26). The summed E-state index contributed by atoms with van der Waals surface area (Å²) in [7, 11) is 0. The summed E-state index contributed by atoms with van der Waals surface area (Å²) in [6, 6.07) is 14.4. The number of imidazole rings is 1. The Morgan fingerprint density at radius 1 is 1.04 bits per heavy atom. The van der Waals surface area contributed by atoms with Crippen LogP contribution in [-0.4, -0.2) is 24.5 Å². The Hall–Kier alpha value is -2.99. The number of anilines is 1. The van der Waals surface area contributed by atoms with Crippen LogP contribution in [0.1, 0.15) is 25.5 Å². The van der Waals surface area contributed by atoms with E-state index in [9.17, 15) is 0 Å². The number of hydrogen-bond donors (Lipinski definition) is 1. The van der Waals surface area contributed by atoms with Crippen molar-refractivity contribution in [2.75, 3.05) is 5.32 Å². The minimum absolute atomic E-state index is 0.199. The predicted octanol–water partition coefficient (Wildman–Crippen LogP) is 4.73. The molecule has 0 aliphatic carbocycles. The number of aromatic nitrogens is 5. The first-order chi connectivity index (χ1) is 13.1. The molecule has 6 nitrogen and oxygen atoms in total. The lowest BCUT2D eigenvalue weighted by molar-refractivity contribution is 0.612. The summed E-state index contributed by atoms with van der Waals surface area (Å²) >= 11 is 6.11. The van der Waals surface area contributed by atoms with Gasteiger partial charge in [0.1, 0.15) is 0 Å². The van der Waals surface area contributed by atoms with E-state index >= 15 is 0 Å². The van der Waals surface area contributed by atoms with Crippen LogP contribution in [0, 0.1) is 0 Å². The average molecular weight is 379 g/mol. The Balaban J connectivity index is 1.55. The largest absolute Gasteiger partial charge is 0.364 e. The normalized spacial score (nSPS) is 11.3. The molecule has 0 aliphatic rings. The van der Waals surface area contributed by atoms with Crippen LogP contribution >= 0.6 is 11.6 Å². The van der Waals surface area contributed by atoms with E-state index in [0.717, 1.165) is 22.5 Å². The highest BCUT2D eigenvalue weighted by Crippen LogP contribution is 2.24. The number of fused-ring (bicyclic) bond motifs is 1. The molecule has 1 N–H and O–H groups in total. The monoisotopic (exact) mass is 378 g/mol. The molecule has 0 atom stereocenters. The lowest BCUT2D eigenvalue weighted by Gasteiger charge is -2.09. The second kappa shape index (κ2) is 7.32. The molecule has 4 rings (SSSR count). The Kier molecular flexibility index (Phi) is 4.73. The number of nitrogens with zero attached hydrogens (tertiary/aromatic N) is 5. The molecule has 7 heteroatoms. The van der Waals surface area contributed by atoms with E-state index in [1.807, 2.05) is 47.2 Å². The minimum Gasteiger partial charge on any atom is -0.364 e. The van der Waals surface area contributed by atoms with Crippen molar-refractivity contribution in [1.82, 2.24) is 24.5 Å². The first-order valence-corrected chi connectivity index (χ1v) is 9.14. The number of hydrogen-bond acceptors (Lipinski definition) is 5. The molecule has 0 saturated carbocycles. The first-order valence-electron chi connectivity index (χ1n) is 8.76. The van der Waals surface area contributed by atoms with E-state index < -0.39 is 0 Å². The fraction of sp³-hybridized carbons (Fsp3) is 0.200. The van der Waals surface area contributed by atoms with Gasteiger partial charge < -0.3 is 9.88 Å². The van der Waals surface area contributed by atoms with Gasteiger partial charge in [0.2, 0.25) is 5.28 Å². The maximum Gasteiger partial charge on any atom is 0.226 e. The molecule has 0 unspecified atom stereocenters. The van der Waals surface area contributed by atoms with Crippen molar-refractivity contribution in [2.24, 2.45) is 0 Å². The van der Waals surface area contributed by atoms with Crippen LogP contribution in [0.5, 0.6) is 0 Å². The van der Waals surface area contributed by atoms with Crippen molar-refractivity contribution in [2.45, 2.75) is 26.4 Å². The lowest BCUT2D eigenvalue weighted by atomic mass is 10.1. The fourth-order valence-corrected chi connectivity index (χ4v) is 3.05. The lowest BCUT2D eigenvalue weighted by Crippen LogP contribution is -2.05. The van der Waals surface area contributed by atoms with Gasteiger partial charge in [0.05, 0.1) is 12.0 Å². The highest BCUT2D eigenvalue weighted by Gasteiger charge is 2.14. The average Bonchev–Trinajstić information content (AvgIpc) is 3.11. The molecule has 4 aromatic rings. The van der Waals surface area contributed by atoms with E-state index in [1.165, 1.54) is 0 Å². The maximum atomic E-state index is 6.11.